The summed E-state index contributed by atoms with van der Waals surface area (Å²) in [5, 5.41) is 7.32. The number of nitrogens with one attached hydrogen (secondary N) is 2. The van der Waals surface area contributed by atoms with E-state index in [4.69, 9.17) is 11.6 Å². The van der Waals surface area contributed by atoms with Gasteiger partial charge in [-0.3, -0.25) is 4.79 Å². The Morgan fingerprint density at radius 2 is 1.75 bits per heavy atom. The number of halogens is 3. The first-order valence-corrected chi connectivity index (χ1v) is 10.0. The summed E-state index contributed by atoms with van der Waals surface area (Å²) < 4.78 is 13.8. The molecule has 4 rings (SSSR count). The van der Waals surface area contributed by atoms with Crippen molar-refractivity contribution in [2.75, 3.05) is 0 Å². The van der Waals surface area contributed by atoms with Gasteiger partial charge in [-0.15, -0.1) is 12.4 Å². The Bertz CT molecular complexity index is 774. The molecule has 2 saturated heterocycles. The van der Waals surface area contributed by atoms with Gasteiger partial charge in [-0.1, -0.05) is 35.9 Å². The molecule has 28 heavy (non-hydrogen) atoms. The quantitative estimate of drug-likeness (QED) is 0.709. The summed E-state index contributed by atoms with van der Waals surface area (Å²) in [6.45, 7) is 0. The smallest absolute Gasteiger partial charge is 0.221 e. The van der Waals surface area contributed by atoms with E-state index in [2.05, 4.69) is 10.6 Å². The molecule has 3 atom stereocenters. The highest BCUT2D eigenvalue weighted by Crippen LogP contribution is 2.33. The van der Waals surface area contributed by atoms with Gasteiger partial charge in [-0.05, 0) is 67.0 Å². The summed E-state index contributed by atoms with van der Waals surface area (Å²) in [6.07, 6.45) is 5.08. The Hall–Kier alpha value is -1.62. The Morgan fingerprint density at radius 1 is 1.11 bits per heavy atom. The van der Waals surface area contributed by atoms with Gasteiger partial charge < -0.3 is 10.6 Å². The van der Waals surface area contributed by atoms with Gasteiger partial charge in [0.15, 0.2) is 0 Å². The second-order valence-electron chi connectivity index (χ2n) is 7.79. The van der Waals surface area contributed by atoms with Crippen molar-refractivity contribution < 1.29 is 9.18 Å². The third kappa shape index (κ3) is 5.05. The lowest BCUT2D eigenvalue weighted by molar-refractivity contribution is -0.122. The van der Waals surface area contributed by atoms with Crippen LogP contribution in [0, 0.1) is 11.7 Å². The third-order valence-corrected chi connectivity index (χ3v) is 5.95. The fraction of sp³-hybridized carbons (Fsp3) is 0.409. The van der Waals surface area contributed by atoms with E-state index in [-0.39, 0.29) is 24.1 Å². The molecule has 150 valence electrons. The molecular formula is C22H25Cl2FN2O. The highest BCUT2D eigenvalue weighted by Gasteiger charge is 2.34. The van der Waals surface area contributed by atoms with Crippen molar-refractivity contribution >= 4 is 29.9 Å². The first-order valence-electron chi connectivity index (χ1n) is 9.63. The normalized spacial score (nSPS) is 24.3. The maximum absolute atomic E-state index is 13.8. The van der Waals surface area contributed by atoms with Gasteiger partial charge in [0, 0.05) is 23.5 Å². The van der Waals surface area contributed by atoms with E-state index >= 15 is 0 Å². The molecule has 0 saturated carbocycles. The van der Waals surface area contributed by atoms with E-state index in [0.717, 1.165) is 24.0 Å². The van der Waals surface area contributed by atoms with Crippen LogP contribution >= 0.6 is 24.0 Å². The Morgan fingerprint density at radius 3 is 2.39 bits per heavy atom. The topological polar surface area (TPSA) is 41.1 Å². The molecule has 2 aliphatic heterocycles. The van der Waals surface area contributed by atoms with E-state index < -0.39 is 6.04 Å². The molecule has 2 aliphatic rings. The van der Waals surface area contributed by atoms with Crippen LogP contribution in [0.3, 0.4) is 0 Å². The molecule has 2 N–H and O–H groups in total. The van der Waals surface area contributed by atoms with E-state index in [0.29, 0.717) is 29.4 Å². The lowest BCUT2D eigenvalue weighted by Gasteiger charge is -2.29. The second-order valence-corrected chi connectivity index (χ2v) is 8.23. The molecule has 1 amide bonds. The van der Waals surface area contributed by atoms with Gasteiger partial charge in [-0.25, -0.2) is 4.39 Å². The predicted molar refractivity (Wildman–Crippen MR) is 112 cm³/mol. The van der Waals surface area contributed by atoms with Gasteiger partial charge in [0.05, 0.1) is 6.04 Å². The molecule has 6 heteroatoms. The molecule has 2 bridgehead atoms. The minimum Gasteiger partial charge on any atom is -0.345 e. The molecule has 2 aromatic carbocycles. The van der Waals surface area contributed by atoms with Gasteiger partial charge in [0.2, 0.25) is 5.91 Å². The molecule has 0 aliphatic carbocycles. The van der Waals surface area contributed by atoms with Crippen molar-refractivity contribution in [3.8, 4) is 0 Å². The molecule has 3 nitrogen and oxygen atoms in total. The van der Waals surface area contributed by atoms with Crippen LogP contribution in [-0.2, 0) is 4.79 Å². The lowest BCUT2D eigenvalue weighted by Crippen LogP contribution is -2.40. The fourth-order valence-electron chi connectivity index (χ4n) is 4.56. The molecule has 2 aromatic rings. The van der Waals surface area contributed by atoms with Crippen LogP contribution in [-0.4, -0.2) is 18.0 Å². The minimum absolute atomic E-state index is 0. The fourth-order valence-corrected chi connectivity index (χ4v) is 4.75. The Kier molecular flexibility index (Phi) is 6.97. The van der Waals surface area contributed by atoms with Crippen LogP contribution in [0.25, 0.3) is 0 Å². The number of piperidine rings is 1. The van der Waals surface area contributed by atoms with E-state index in [1.807, 2.05) is 24.3 Å². The van der Waals surface area contributed by atoms with Gasteiger partial charge in [0.1, 0.15) is 5.82 Å². The number of fused-ring (bicyclic) bond motifs is 2. The van der Waals surface area contributed by atoms with Crippen LogP contribution in [0.15, 0.2) is 48.5 Å². The summed E-state index contributed by atoms with van der Waals surface area (Å²) in [5.41, 5.74) is 1.57. The van der Waals surface area contributed by atoms with Gasteiger partial charge >= 0.3 is 0 Å². The SMILES string of the molecule is Cl.O=C(CC1CC2CCC(C1)N2)NC(c1cccc(F)c1)c1cccc(Cl)c1. The summed E-state index contributed by atoms with van der Waals surface area (Å²) in [7, 11) is 0. The zero-order valence-electron chi connectivity index (χ0n) is 15.5. The van der Waals surface area contributed by atoms with Crippen molar-refractivity contribution in [1.29, 1.82) is 0 Å². The van der Waals surface area contributed by atoms with Crippen molar-refractivity contribution in [2.24, 2.45) is 5.92 Å². The average molecular weight is 423 g/mol. The zero-order chi connectivity index (χ0) is 18.8. The van der Waals surface area contributed by atoms with Crippen molar-refractivity contribution in [1.82, 2.24) is 10.6 Å². The van der Waals surface area contributed by atoms with Crippen molar-refractivity contribution in [3.63, 3.8) is 0 Å². The van der Waals surface area contributed by atoms with E-state index in [9.17, 15) is 9.18 Å². The number of carbonyl (C=O) groups is 1. The molecule has 2 fully saturated rings. The summed E-state index contributed by atoms with van der Waals surface area (Å²) in [5.74, 6) is 0.107. The summed E-state index contributed by atoms with van der Waals surface area (Å²) >= 11 is 6.15. The standard InChI is InChI=1S/C22H24ClFN2O.ClH/c23-17-5-1-3-15(12-17)22(16-4-2-6-18(24)13-16)26-21(27)11-14-9-19-7-8-20(10-14)25-19;/h1-6,12-14,19-20,22,25H,7-11H2,(H,26,27);1H. The van der Waals surface area contributed by atoms with Crippen LogP contribution in [0.5, 0.6) is 0 Å². The maximum atomic E-state index is 13.8. The number of rotatable bonds is 5. The highest BCUT2D eigenvalue weighted by atomic mass is 35.5. The second kappa shape index (κ2) is 9.25. The molecule has 3 unspecified atom stereocenters. The molecule has 0 radical (unpaired) electrons. The van der Waals surface area contributed by atoms with Crippen molar-refractivity contribution in [3.05, 3.63) is 70.5 Å². The minimum atomic E-state index is -0.412. The first-order chi connectivity index (χ1) is 13.1. The Balaban J connectivity index is 0.00000225. The number of hydrogen-bond acceptors (Lipinski definition) is 2. The zero-order valence-corrected chi connectivity index (χ0v) is 17.1. The largest absolute Gasteiger partial charge is 0.345 e. The predicted octanol–water partition coefficient (Wildman–Crippen LogP) is 5.03. The van der Waals surface area contributed by atoms with Crippen molar-refractivity contribution in [2.45, 2.75) is 50.2 Å². The highest BCUT2D eigenvalue weighted by molar-refractivity contribution is 6.30. The summed E-state index contributed by atoms with van der Waals surface area (Å²) in [4.78, 5) is 12.8. The number of carbonyl (C=O) groups excluding carboxylic acids is 1. The first kappa shape index (κ1) is 21.1. The maximum Gasteiger partial charge on any atom is 0.221 e. The number of hydrogen-bond donors (Lipinski definition) is 2. The average Bonchev–Trinajstić information content (AvgIpc) is 2.98. The molecule has 0 aromatic heterocycles. The monoisotopic (exact) mass is 422 g/mol. The van der Waals surface area contributed by atoms with Crippen LogP contribution < -0.4 is 10.6 Å². The van der Waals surface area contributed by atoms with Crippen LogP contribution in [0.4, 0.5) is 4.39 Å². The number of benzene rings is 2. The van der Waals surface area contributed by atoms with Gasteiger partial charge in [-0.2, -0.15) is 0 Å². The van der Waals surface area contributed by atoms with Gasteiger partial charge in [0.25, 0.3) is 0 Å². The molecule has 0 spiro atoms. The van der Waals surface area contributed by atoms with Crippen LogP contribution in [0.2, 0.25) is 5.02 Å². The third-order valence-electron chi connectivity index (χ3n) is 5.71. The molecule has 2 heterocycles. The number of amides is 1. The summed E-state index contributed by atoms with van der Waals surface area (Å²) in [6, 6.07) is 14.5. The Labute approximate surface area is 176 Å². The molecular weight excluding hydrogens is 398 g/mol. The van der Waals surface area contributed by atoms with Crippen LogP contribution in [0.1, 0.15) is 49.3 Å². The van der Waals surface area contributed by atoms with E-state index in [1.165, 1.54) is 25.0 Å². The lowest BCUT2D eigenvalue weighted by atomic mass is 9.89. The van der Waals surface area contributed by atoms with E-state index in [1.54, 1.807) is 12.1 Å².